The van der Waals surface area contributed by atoms with Crippen LogP contribution in [0, 0.1) is 6.92 Å². The standard InChI is InChI=1S/C15H17BrN2O2/c1-9(2)12-7-11(16)5-6-14(12)20-15-13(8-19)10(3)17-18(15)4/h5-9H,1-4H3. The van der Waals surface area contributed by atoms with Crippen LogP contribution in [0.25, 0.3) is 0 Å². The van der Waals surface area contributed by atoms with Gasteiger partial charge in [0.05, 0.1) is 11.3 Å². The number of carbonyl (C=O) groups excluding carboxylic acids is 1. The van der Waals surface area contributed by atoms with E-state index in [1.165, 1.54) is 0 Å². The Morgan fingerprint density at radius 1 is 1.40 bits per heavy atom. The van der Waals surface area contributed by atoms with Crippen molar-refractivity contribution in [3.63, 3.8) is 0 Å². The predicted molar refractivity (Wildman–Crippen MR) is 81.6 cm³/mol. The lowest BCUT2D eigenvalue weighted by Gasteiger charge is -2.14. The zero-order valence-corrected chi connectivity index (χ0v) is 13.6. The highest BCUT2D eigenvalue weighted by Gasteiger charge is 2.17. The van der Waals surface area contributed by atoms with Gasteiger partial charge in [0.15, 0.2) is 6.29 Å². The normalized spacial score (nSPS) is 10.9. The largest absolute Gasteiger partial charge is 0.438 e. The van der Waals surface area contributed by atoms with Crippen LogP contribution in [0.2, 0.25) is 0 Å². The van der Waals surface area contributed by atoms with Crippen molar-refractivity contribution in [2.45, 2.75) is 26.7 Å². The van der Waals surface area contributed by atoms with Crippen LogP contribution in [0.3, 0.4) is 0 Å². The van der Waals surface area contributed by atoms with E-state index in [0.29, 0.717) is 23.1 Å². The second-order valence-corrected chi connectivity index (χ2v) is 5.90. The van der Waals surface area contributed by atoms with Crippen LogP contribution in [-0.4, -0.2) is 16.1 Å². The van der Waals surface area contributed by atoms with Gasteiger partial charge in [-0.05, 0) is 36.6 Å². The lowest BCUT2D eigenvalue weighted by atomic mass is 10.0. The van der Waals surface area contributed by atoms with Gasteiger partial charge in [-0.1, -0.05) is 29.8 Å². The molecule has 1 heterocycles. The van der Waals surface area contributed by atoms with Crippen LogP contribution in [0.1, 0.15) is 41.4 Å². The smallest absolute Gasteiger partial charge is 0.228 e. The molecule has 0 radical (unpaired) electrons. The van der Waals surface area contributed by atoms with E-state index >= 15 is 0 Å². The minimum absolute atomic E-state index is 0.316. The van der Waals surface area contributed by atoms with Crippen LogP contribution >= 0.6 is 15.9 Å². The summed E-state index contributed by atoms with van der Waals surface area (Å²) in [7, 11) is 1.77. The van der Waals surface area contributed by atoms with E-state index in [-0.39, 0.29) is 0 Å². The van der Waals surface area contributed by atoms with Gasteiger partial charge in [-0.25, -0.2) is 4.68 Å². The van der Waals surface area contributed by atoms with Crippen molar-refractivity contribution in [1.82, 2.24) is 9.78 Å². The summed E-state index contributed by atoms with van der Waals surface area (Å²) < 4.78 is 8.54. The van der Waals surface area contributed by atoms with E-state index in [4.69, 9.17) is 4.74 Å². The SMILES string of the molecule is Cc1nn(C)c(Oc2ccc(Br)cc2C(C)C)c1C=O. The highest BCUT2D eigenvalue weighted by molar-refractivity contribution is 9.10. The Morgan fingerprint density at radius 3 is 2.70 bits per heavy atom. The first-order valence-corrected chi connectivity index (χ1v) is 7.19. The van der Waals surface area contributed by atoms with Gasteiger partial charge in [-0.2, -0.15) is 5.10 Å². The van der Waals surface area contributed by atoms with Crippen LogP contribution < -0.4 is 4.74 Å². The molecule has 4 nitrogen and oxygen atoms in total. The Labute approximate surface area is 126 Å². The number of hydrogen-bond acceptors (Lipinski definition) is 3. The van der Waals surface area contributed by atoms with Gasteiger partial charge < -0.3 is 4.74 Å². The average molecular weight is 337 g/mol. The summed E-state index contributed by atoms with van der Waals surface area (Å²) >= 11 is 3.47. The molecule has 1 aromatic carbocycles. The maximum atomic E-state index is 11.2. The number of benzene rings is 1. The van der Waals surface area contributed by atoms with Crippen molar-refractivity contribution < 1.29 is 9.53 Å². The van der Waals surface area contributed by atoms with Crippen molar-refractivity contribution in [3.8, 4) is 11.6 Å². The minimum Gasteiger partial charge on any atom is -0.438 e. The second-order valence-electron chi connectivity index (χ2n) is 4.98. The summed E-state index contributed by atoms with van der Waals surface area (Å²) in [5.74, 6) is 1.53. The van der Waals surface area contributed by atoms with Crippen molar-refractivity contribution in [2.24, 2.45) is 7.05 Å². The van der Waals surface area contributed by atoms with Gasteiger partial charge in [-0.3, -0.25) is 4.79 Å². The van der Waals surface area contributed by atoms with Crippen molar-refractivity contribution >= 4 is 22.2 Å². The lowest BCUT2D eigenvalue weighted by Crippen LogP contribution is -2.00. The Bertz CT molecular complexity index is 648. The quantitative estimate of drug-likeness (QED) is 0.785. The molecule has 106 valence electrons. The molecule has 0 saturated carbocycles. The fraction of sp³-hybridized carbons (Fsp3) is 0.333. The Kier molecular flexibility index (Phi) is 4.28. The van der Waals surface area contributed by atoms with E-state index in [2.05, 4.69) is 34.9 Å². The molecule has 0 atom stereocenters. The molecule has 0 bridgehead atoms. The number of ether oxygens (including phenoxy) is 1. The van der Waals surface area contributed by atoms with E-state index in [9.17, 15) is 4.79 Å². The number of aryl methyl sites for hydroxylation is 2. The van der Waals surface area contributed by atoms with Crippen LogP contribution in [0.5, 0.6) is 11.6 Å². The molecular formula is C15H17BrN2O2. The molecule has 0 N–H and O–H groups in total. The molecule has 0 aliphatic heterocycles. The molecule has 0 aliphatic rings. The third-order valence-electron chi connectivity index (χ3n) is 3.13. The molecule has 20 heavy (non-hydrogen) atoms. The molecule has 5 heteroatoms. The van der Waals surface area contributed by atoms with Gasteiger partial charge >= 0.3 is 0 Å². The van der Waals surface area contributed by atoms with Gasteiger partial charge in [0, 0.05) is 11.5 Å². The second kappa shape index (κ2) is 5.79. The highest BCUT2D eigenvalue weighted by atomic mass is 79.9. The summed E-state index contributed by atoms with van der Waals surface area (Å²) in [5.41, 5.74) is 2.24. The van der Waals surface area contributed by atoms with Gasteiger partial charge in [0.1, 0.15) is 5.75 Å². The lowest BCUT2D eigenvalue weighted by molar-refractivity contribution is 0.112. The van der Waals surface area contributed by atoms with E-state index in [0.717, 1.165) is 22.1 Å². The molecule has 0 aliphatic carbocycles. The van der Waals surface area contributed by atoms with Gasteiger partial charge in [0.25, 0.3) is 0 Å². The highest BCUT2D eigenvalue weighted by Crippen LogP contribution is 2.34. The average Bonchev–Trinajstić information content (AvgIpc) is 2.65. The fourth-order valence-corrected chi connectivity index (χ4v) is 2.46. The van der Waals surface area contributed by atoms with Crippen molar-refractivity contribution in [1.29, 1.82) is 0 Å². The summed E-state index contributed by atoms with van der Waals surface area (Å²) in [5, 5.41) is 4.22. The summed E-state index contributed by atoms with van der Waals surface area (Å²) in [6.07, 6.45) is 0.783. The maximum Gasteiger partial charge on any atom is 0.228 e. The number of nitrogens with zero attached hydrogens (tertiary/aromatic N) is 2. The first kappa shape index (κ1) is 14.8. The number of halogens is 1. The summed E-state index contributed by atoms with van der Waals surface area (Å²) in [4.78, 5) is 11.2. The molecule has 0 unspecified atom stereocenters. The molecule has 0 fully saturated rings. The van der Waals surface area contributed by atoms with Crippen LogP contribution in [-0.2, 0) is 7.05 Å². The van der Waals surface area contributed by atoms with Crippen molar-refractivity contribution in [2.75, 3.05) is 0 Å². The van der Waals surface area contributed by atoms with Gasteiger partial charge in [0.2, 0.25) is 5.88 Å². The van der Waals surface area contributed by atoms with E-state index in [1.54, 1.807) is 18.7 Å². The Balaban J connectivity index is 2.47. The van der Waals surface area contributed by atoms with Crippen molar-refractivity contribution in [3.05, 3.63) is 39.5 Å². The van der Waals surface area contributed by atoms with Gasteiger partial charge in [-0.15, -0.1) is 0 Å². The molecule has 0 spiro atoms. The minimum atomic E-state index is 0.316. The first-order chi connectivity index (χ1) is 9.43. The molecule has 2 rings (SSSR count). The Hall–Kier alpha value is -1.62. The number of rotatable bonds is 4. The third kappa shape index (κ3) is 2.77. The predicted octanol–water partition coefficient (Wildman–Crippen LogP) is 4.22. The summed E-state index contributed by atoms with van der Waals surface area (Å²) in [6, 6.07) is 5.85. The molecule has 2 aromatic rings. The fourth-order valence-electron chi connectivity index (χ4n) is 2.08. The number of aldehydes is 1. The maximum absolute atomic E-state index is 11.2. The van der Waals surface area contributed by atoms with Crippen LogP contribution in [0.15, 0.2) is 22.7 Å². The number of carbonyl (C=O) groups is 1. The zero-order chi connectivity index (χ0) is 14.9. The van der Waals surface area contributed by atoms with E-state index in [1.807, 2.05) is 18.2 Å². The zero-order valence-electron chi connectivity index (χ0n) is 12.0. The number of aromatic nitrogens is 2. The first-order valence-electron chi connectivity index (χ1n) is 6.40. The third-order valence-corrected chi connectivity index (χ3v) is 3.63. The molecular weight excluding hydrogens is 320 g/mol. The molecule has 0 amide bonds. The van der Waals surface area contributed by atoms with Crippen LogP contribution in [0.4, 0.5) is 0 Å². The molecule has 1 aromatic heterocycles. The summed E-state index contributed by atoms with van der Waals surface area (Å²) in [6.45, 7) is 6.00. The monoisotopic (exact) mass is 336 g/mol. The molecule has 0 saturated heterocycles. The Morgan fingerprint density at radius 2 is 2.10 bits per heavy atom. The number of hydrogen-bond donors (Lipinski definition) is 0. The van der Waals surface area contributed by atoms with E-state index < -0.39 is 0 Å². The topological polar surface area (TPSA) is 44.1 Å².